The zero-order chi connectivity index (χ0) is 21.9. The molecule has 1 amide bonds. The highest BCUT2D eigenvalue weighted by molar-refractivity contribution is 7.90. The Bertz CT molecular complexity index is 1150. The smallest absolute Gasteiger partial charge is 0.260 e. The lowest BCUT2D eigenvalue weighted by atomic mass is 10.2. The highest BCUT2D eigenvalue weighted by Gasteiger charge is 2.22. The molecule has 0 aliphatic carbocycles. The Hall–Kier alpha value is -2.20. The molecule has 7 nitrogen and oxygen atoms in total. The first kappa shape index (κ1) is 25.1. The van der Waals surface area contributed by atoms with Crippen LogP contribution in [0, 0.1) is 0 Å². The van der Waals surface area contributed by atoms with Crippen LogP contribution in [0.3, 0.4) is 0 Å². The molecular formula is C21H26ClN3O4S2. The van der Waals surface area contributed by atoms with Gasteiger partial charge in [-0.15, -0.1) is 12.4 Å². The van der Waals surface area contributed by atoms with Gasteiger partial charge in [-0.05, 0) is 69.5 Å². The molecule has 3 aromatic rings. The Morgan fingerprint density at radius 2 is 1.77 bits per heavy atom. The van der Waals surface area contributed by atoms with E-state index in [0.717, 1.165) is 35.2 Å². The van der Waals surface area contributed by atoms with Crippen molar-refractivity contribution in [2.75, 3.05) is 45.5 Å². The largest absolute Gasteiger partial charge is 0.497 e. The number of carbonyl (C=O) groups excluding carboxylic acids is 1. The predicted octanol–water partition coefficient (Wildman–Crippen LogP) is 3.73. The number of nitrogens with zero attached hydrogens (tertiary/aromatic N) is 3. The monoisotopic (exact) mass is 483 g/mol. The molecule has 0 atom stereocenters. The molecule has 0 fully saturated rings. The van der Waals surface area contributed by atoms with Crippen LogP contribution in [-0.2, 0) is 9.84 Å². The van der Waals surface area contributed by atoms with E-state index in [9.17, 15) is 13.2 Å². The third kappa shape index (κ3) is 6.16. The number of ether oxygens (including phenoxy) is 1. The molecule has 0 saturated heterocycles. The highest BCUT2D eigenvalue weighted by Crippen LogP contribution is 2.32. The molecule has 0 unspecified atom stereocenters. The van der Waals surface area contributed by atoms with E-state index < -0.39 is 9.84 Å². The summed E-state index contributed by atoms with van der Waals surface area (Å²) < 4.78 is 29.6. The molecule has 10 heteroatoms. The molecule has 3 rings (SSSR count). The molecule has 0 N–H and O–H groups in total. The third-order valence-electron chi connectivity index (χ3n) is 4.58. The maximum atomic E-state index is 13.3. The van der Waals surface area contributed by atoms with E-state index in [2.05, 4.69) is 9.88 Å². The van der Waals surface area contributed by atoms with Crippen molar-refractivity contribution in [3.8, 4) is 5.75 Å². The molecular weight excluding hydrogens is 458 g/mol. The zero-order valence-electron chi connectivity index (χ0n) is 17.9. The third-order valence-corrected chi connectivity index (χ3v) is 6.75. The van der Waals surface area contributed by atoms with Crippen molar-refractivity contribution >= 4 is 54.8 Å². The number of benzene rings is 2. The molecule has 0 bridgehead atoms. The van der Waals surface area contributed by atoms with Crippen molar-refractivity contribution in [1.29, 1.82) is 0 Å². The minimum absolute atomic E-state index is 0. The van der Waals surface area contributed by atoms with Gasteiger partial charge in [0, 0.05) is 18.4 Å². The second-order valence-corrected chi connectivity index (χ2v) is 10.3. The number of hydrogen-bond donors (Lipinski definition) is 0. The van der Waals surface area contributed by atoms with Gasteiger partial charge in [-0.25, -0.2) is 13.4 Å². The van der Waals surface area contributed by atoms with Crippen LogP contribution < -0.4 is 9.64 Å². The van der Waals surface area contributed by atoms with Crippen molar-refractivity contribution in [3.05, 3.63) is 48.0 Å². The second-order valence-electron chi connectivity index (χ2n) is 7.24. The fraction of sp³-hybridized carbons (Fsp3) is 0.333. The van der Waals surface area contributed by atoms with Gasteiger partial charge in [0.25, 0.3) is 5.91 Å². The summed E-state index contributed by atoms with van der Waals surface area (Å²) in [7, 11) is 2.27. The van der Waals surface area contributed by atoms with Crippen LogP contribution in [0.1, 0.15) is 16.8 Å². The molecule has 168 valence electrons. The summed E-state index contributed by atoms with van der Waals surface area (Å²) in [5.41, 5.74) is 1.22. The molecule has 2 aromatic carbocycles. The number of amides is 1. The molecule has 0 saturated carbocycles. The van der Waals surface area contributed by atoms with Crippen LogP contribution in [0.25, 0.3) is 10.2 Å². The Morgan fingerprint density at radius 1 is 1.10 bits per heavy atom. The summed E-state index contributed by atoms with van der Waals surface area (Å²) in [6.45, 7) is 1.33. The lowest BCUT2D eigenvalue weighted by Crippen LogP contribution is -2.33. The van der Waals surface area contributed by atoms with Crippen LogP contribution in [0.4, 0.5) is 5.13 Å². The van der Waals surface area contributed by atoms with Crippen molar-refractivity contribution in [2.45, 2.75) is 11.3 Å². The predicted molar refractivity (Wildman–Crippen MR) is 128 cm³/mol. The summed E-state index contributed by atoms with van der Waals surface area (Å²) in [5.74, 6) is 0.527. The fourth-order valence-electron chi connectivity index (χ4n) is 2.96. The van der Waals surface area contributed by atoms with E-state index in [1.807, 2.05) is 32.3 Å². The Morgan fingerprint density at radius 3 is 2.35 bits per heavy atom. The molecule has 0 aliphatic heterocycles. The molecule has 0 radical (unpaired) electrons. The Balaban J connectivity index is 0.00000341. The summed E-state index contributed by atoms with van der Waals surface area (Å²) in [4.78, 5) is 21.8. The number of thiazole rings is 1. The molecule has 0 spiro atoms. The van der Waals surface area contributed by atoms with Gasteiger partial charge in [0.05, 0.1) is 22.2 Å². The van der Waals surface area contributed by atoms with Crippen LogP contribution >= 0.6 is 23.7 Å². The highest BCUT2D eigenvalue weighted by atomic mass is 35.5. The lowest BCUT2D eigenvalue weighted by molar-refractivity contribution is 0.0986. The first-order chi connectivity index (χ1) is 14.2. The van der Waals surface area contributed by atoms with Crippen molar-refractivity contribution in [1.82, 2.24) is 9.88 Å². The van der Waals surface area contributed by atoms with Crippen LogP contribution in [-0.4, -0.2) is 64.8 Å². The van der Waals surface area contributed by atoms with E-state index in [1.165, 1.54) is 23.5 Å². The average Bonchev–Trinajstić information content (AvgIpc) is 3.12. The van der Waals surface area contributed by atoms with Gasteiger partial charge in [-0.2, -0.15) is 0 Å². The Labute approximate surface area is 193 Å². The molecule has 0 aliphatic rings. The van der Waals surface area contributed by atoms with Gasteiger partial charge >= 0.3 is 0 Å². The van der Waals surface area contributed by atoms with E-state index >= 15 is 0 Å². The molecule has 31 heavy (non-hydrogen) atoms. The number of aromatic nitrogens is 1. The second kappa shape index (κ2) is 10.4. The first-order valence-corrected chi connectivity index (χ1v) is 12.1. The number of carbonyl (C=O) groups is 1. The maximum Gasteiger partial charge on any atom is 0.260 e. The fourth-order valence-corrected chi connectivity index (χ4v) is 4.61. The number of halogens is 1. The van der Waals surface area contributed by atoms with Gasteiger partial charge < -0.3 is 9.64 Å². The average molecular weight is 484 g/mol. The van der Waals surface area contributed by atoms with Crippen molar-refractivity contribution in [3.63, 3.8) is 0 Å². The van der Waals surface area contributed by atoms with E-state index in [0.29, 0.717) is 17.2 Å². The number of methoxy groups -OCH3 is 1. The standard InChI is InChI=1S/C21H25N3O4S2.ClH/c1-23(2)12-5-13-24(20(25)15-6-9-17(10-7-15)30(4,26)27)21-22-18-11-8-16(28-3)14-19(18)29-21;/h6-11,14H,5,12-13H2,1-4H3;1H. The molecule has 1 heterocycles. The van der Waals surface area contributed by atoms with Crippen LogP contribution in [0.2, 0.25) is 0 Å². The van der Waals surface area contributed by atoms with Crippen LogP contribution in [0.5, 0.6) is 5.75 Å². The quantitative estimate of drug-likeness (QED) is 0.485. The minimum atomic E-state index is -3.32. The summed E-state index contributed by atoms with van der Waals surface area (Å²) in [5, 5.41) is 0.606. The number of anilines is 1. The summed E-state index contributed by atoms with van der Waals surface area (Å²) >= 11 is 1.43. The zero-order valence-corrected chi connectivity index (χ0v) is 20.3. The number of sulfone groups is 1. The molecule has 1 aromatic heterocycles. The first-order valence-electron chi connectivity index (χ1n) is 9.40. The maximum absolute atomic E-state index is 13.3. The van der Waals surface area contributed by atoms with Crippen molar-refractivity contribution in [2.24, 2.45) is 0 Å². The van der Waals surface area contributed by atoms with E-state index in [-0.39, 0.29) is 23.2 Å². The van der Waals surface area contributed by atoms with E-state index in [4.69, 9.17) is 4.74 Å². The van der Waals surface area contributed by atoms with Gasteiger partial charge in [0.1, 0.15) is 5.75 Å². The summed E-state index contributed by atoms with van der Waals surface area (Å²) in [6.07, 6.45) is 1.92. The van der Waals surface area contributed by atoms with Gasteiger partial charge in [0.15, 0.2) is 15.0 Å². The minimum Gasteiger partial charge on any atom is -0.497 e. The number of rotatable bonds is 8. The van der Waals surface area contributed by atoms with Gasteiger partial charge in [0.2, 0.25) is 0 Å². The number of fused-ring (bicyclic) bond motifs is 1. The van der Waals surface area contributed by atoms with Crippen molar-refractivity contribution < 1.29 is 17.9 Å². The number of hydrogen-bond acceptors (Lipinski definition) is 7. The SMILES string of the molecule is COc1ccc2nc(N(CCCN(C)C)C(=O)c3ccc(S(C)(=O)=O)cc3)sc2c1.Cl. The summed E-state index contributed by atoms with van der Waals surface area (Å²) in [6, 6.07) is 11.6. The topological polar surface area (TPSA) is 79.8 Å². The van der Waals surface area contributed by atoms with Gasteiger partial charge in [-0.1, -0.05) is 11.3 Å². The van der Waals surface area contributed by atoms with E-state index in [1.54, 1.807) is 24.1 Å². The van der Waals surface area contributed by atoms with Gasteiger partial charge in [-0.3, -0.25) is 9.69 Å². The van der Waals surface area contributed by atoms with Crippen LogP contribution in [0.15, 0.2) is 47.4 Å². The normalized spacial score (nSPS) is 11.4. The Kier molecular flexibility index (Phi) is 8.41. The lowest BCUT2D eigenvalue weighted by Gasteiger charge is -2.21.